The van der Waals surface area contributed by atoms with E-state index in [1.807, 2.05) is 13.1 Å². The lowest BCUT2D eigenvalue weighted by Gasteiger charge is -2.21. The van der Waals surface area contributed by atoms with Crippen LogP contribution >= 0.6 is 11.6 Å². The summed E-state index contributed by atoms with van der Waals surface area (Å²) in [6, 6.07) is 6.80. The molecule has 2 nitrogen and oxygen atoms in total. The number of aromatic nitrogens is 1. The maximum Gasteiger partial charge on any atom is 0.0485 e. The number of benzene rings is 1. The Morgan fingerprint density at radius 1 is 1.35 bits per heavy atom. The standard InChI is InChI=1S/C17H21ClN2/c1-12-6-7-14(16(18)8-12)10-20-9-13-4-3-5-17(19-2)15(13)11-20/h6-9,11,17,19H,3-5,10H2,1-2H3. The van der Waals surface area contributed by atoms with Crippen molar-refractivity contribution in [2.24, 2.45) is 0 Å². The van der Waals surface area contributed by atoms with Gasteiger partial charge < -0.3 is 9.88 Å². The Bertz CT molecular complexity index is 615. The van der Waals surface area contributed by atoms with Gasteiger partial charge in [0.25, 0.3) is 0 Å². The first kappa shape index (κ1) is 13.7. The molecule has 106 valence electrons. The van der Waals surface area contributed by atoms with Gasteiger partial charge in [-0.3, -0.25) is 0 Å². The average Bonchev–Trinajstić information content (AvgIpc) is 2.84. The first-order valence-electron chi connectivity index (χ1n) is 7.28. The van der Waals surface area contributed by atoms with Crippen molar-refractivity contribution in [2.45, 2.75) is 38.8 Å². The van der Waals surface area contributed by atoms with Gasteiger partial charge in [0.15, 0.2) is 0 Å². The van der Waals surface area contributed by atoms with Gasteiger partial charge in [-0.05, 0) is 61.6 Å². The van der Waals surface area contributed by atoms with E-state index in [4.69, 9.17) is 11.6 Å². The van der Waals surface area contributed by atoms with Crippen molar-refractivity contribution in [3.63, 3.8) is 0 Å². The highest BCUT2D eigenvalue weighted by molar-refractivity contribution is 6.31. The minimum Gasteiger partial charge on any atom is -0.349 e. The van der Waals surface area contributed by atoms with E-state index in [1.165, 1.54) is 41.5 Å². The van der Waals surface area contributed by atoms with E-state index < -0.39 is 0 Å². The van der Waals surface area contributed by atoms with Gasteiger partial charge in [-0.25, -0.2) is 0 Å². The Kier molecular flexibility index (Phi) is 3.86. The summed E-state index contributed by atoms with van der Waals surface area (Å²) in [5, 5.41) is 4.28. The zero-order chi connectivity index (χ0) is 14.1. The molecule has 1 heterocycles. The van der Waals surface area contributed by atoms with E-state index in [0.29, 0.717) is 6.04 Å². The molecule has 0 spiro atoms. The third kappa shape index (κ3) is 2.63. The van der Waals surface area contributed by atoms with Gasteiger partial charge in [0.05, 0.1) is 0 Å². The van der Waals surface area contributed by atoms with Gasteiger partial charge in [-0.15, -0.1) is 0 Å². The minimum atomic E-state index is 0.508. The Morgan fingerprint density at radius 2 is 2.20 bits per heavy atom. The van der Waals surface area contributed by atoms with Gasteiger partial charge in [-0.1, -0.05) is 23.7 Å². The SMILES string of the molecule is CNC1CCCc2cn(Cc3ccc(C)cc3Cl)cc21. The van der Waals surface area contributed by atoms with E-state index >= 15 is 0 Å². The second kappa shape index (κ2) is 5.63. The number of nitrogens with one attached hydrogen (secondary N) is 1. The molecule has 0 bridgehead atoms. The van der Waals surface area contributed by atoms with Crippen LogP contribution in [0.5, 0.6) is 0 Å². The molecule has 0 radical (unpaired) electrons. The van der Waals surface area contributed by atoms with E-state index in [-0.39, 0.29) is 0 Å². The van der Waals surface area contributed by atoms with Crippen LogP contribution in [0.15, 0.2) is 30.6 Å². The van der Waals surface area contributed by atoms with Crippen molar-refractivity contribution in [1.29, 1.82) is 0 Å². The molecule has 3 heteroatoms. The molecular formula is C17H21ClN2. The number of hydrogen-bond donors (Lipinski definition) is 1. The predicted octanol–water partition coefficient (Wildman–Crippen LogP) is 4.10. The van der Waals surface area contributed by atoms with Gasteiger partial charge in [0.1, 0.15) is 0 Å². The summed E-state index contributed by atoms with van der Waals surface area (Å²) >= 11 is 6.34. The number of nitrogens with zero attached hydrogens (tertiary/aromatic N) is 1. The lowest BCUT2D eigenvalue weighted by molar-refractivity contribution is 0.498. The summed E-state index contributed by atoms with van der Waals surface area (Å²) in [6.07, 6.45) is 8.27. The topological polar surface area (TPSA) is 17.0 Å². The van der Waals surface area contributed by atoms with Crippen LogP contribution < -0.4 is 5.32 Å². The molecule has 1 aliphatic rings. The molecule has 1 N–H and O–H groups in total. The fourth-order valence-electron chi connectivity index (χ4n) is 3.12. The summed E-state index contributed by atoms with van der Waals surface area (Å²) in [7, 11) is 2.05. The van der Waals surface area contributed by atoms with E-state index in [2.05, 4.69) is 41.3 Å². The predicted molar refractivity (Wildman–Crippen MR) is 84.5 cm³/mol. The molecule has 2 aromatic rings. The van der Waals surface area contributed by atoms with Crippen LogP contribution in [-0.2, 0) is 13.0 Å². The third-order valence-electron chi connectivity index (χ3n) is 4.22. The monoisotopic (exact) mass is 288 g/mol. The molecule has 0 amide bonds. The van der Waals surface area contributed by atoms with E-state index in [0.717, 1.165) is 11.6 Å². The van der Waals surface area contributed by atoms with Crippen molar-refractivity contribution in [2.75, 3.05) is 7.05 Å². The number of aryl methyl sites for hydroxylation is 2. The summed E-state index contributed by atoms with van der Waals surface area (Å²) < 4.78 is 2.27. The van der Waals surface area contributed by atoms with Crippen molar-refractivity contribution >= 4 is 11.6 Å². The molecule has 0 saturated heterocycles. The van der Waals surface area contributed by atoms with Gasteiger partial charge in [0, 0.05) is 30.0 Å². The second-order valence-electron chi connectivity index (χ2n) is 5.74. The molecule has 1 unspecified atom stereocenters. The molecule has 0 aliphatic heterocycles. The number of rotatable bonds is 3. The van der Waals surface area contributed by atoms with E-state index in [9.17, 15) is 0 Å². The smallest absolute Gasteiger partial charge is 0.0485 e. The molecular weight excluding hydrogens is 268 g/mol. The van der Waals surface area contributed by atoms with Crippen molar-refractivity contribution in [1.82, 2.24) is 9.88 Å². The van der Waals surface area contributed by atoms with Gasteiger partial charge >= 0.3 is 0 Å². The van der Waals surface area contributed by atoms with E-state index in [1.54, 1.807) is 0 Å². The number of fused-ring (bicyclic) bond motifs is 1. The highest BCUT2D eigenvalue weighted by Gasteiger charge is 2.20. The largest absolute Gasteiger partial charge is 0.349 e. The van der Waals surface area contributed by atoms with Crippen LogP contribution in [0.3, 0.4) is 0 Å². The highest BCUT2D eigenvalue weighted by Crippen LogP contribution is 2.30. The zero-order valence-electron chi connectivity index (χ0n) is 12.1. The maximum absolute atomic E-state index is 6.34. The van der Waals surface area contributed by atoms with Crippen LogP contribution in [0, 0.1) is 6.92 Å². The van der Waals surface area contributed by atoms with Crippen molar-refractivity contribution in [3.8, 4) is 0 Å². The van der Waals surface area contributed by atoms with Crippen LogP contribution in [0.1, 0.15) is 41.1 Å². The van der Waals surface area contributed by atoms with Crippen LogP contribution in [-0.4, -0.2) is 11.6 Å². The quantitative estimate of drug-likeness (QED) is 0.900. The van der Waals surface area contributed by atoms with Gasteiger partial charge in [0.2, 0.25) is 0 Å². The van der Waals surface area contributed by atoms with Crippen LogP contribution in [0.25, 0.3) is 0 Å². The second-order valence-corrected chi connectivity index (χ2v) is 6.15. The summed E-state index contributed by atoms with van der Waals surface area (Å²) in [6.45, 7) is 2.92. The van der Waals surface area contributed by atoms with Gasteiger partial charge in [-0.2, -0.15) is 0 Å². The molecule has 20 heavy (non-hydrogen) atoms. The molecule has 1 aromatic heterocycles. The van der Waals surface area contributed by atoms with Crippen LogP contribution in [0.4, 0.5) is 0 Å². The Hall–Kier alpha value is -1.25. The summed E-state index contributed by atoms with van der Waals surface area (Å²) in [4.78, 5) is 0. The Balaban J connectivity index is 1.87. The molecule has 3 rings (SSSR count). The first-order valence-corrected chi connectivity index (χ1v) is 7.66. The summed E-state index contributed by atoms with van der Waals surface area (Å²) in [5.41, 5.74) is 5.34. The fraction of sp³-hybridized carbons (Fsp3) is 0.412. The number of halogens is 1. The maximum atomic E-state index is 6.34. The number of hydrogen-bond acceptors (Lipinski definition) is 1. The molecule has 1 aliphatic carbocycles. The minimum absolute atomic E-state index is 0.508. The first-order chi connectivity index (χ1) is 9.67. The lowest BCUT2D eigenvalue weighted by atomic mass is 9.91. The highest BCUT2D eigenvalue weighted by atomic mass is 35.5. The van der Waals surface area contributed by atoms with Crippen molar-refractivity contribution in [3.05, 3.63) is 57.9 Å². The molecule has 0 saturated carbocycles. The third-order valence-corrected chi connectivity index (χ3v) is 4.57. The molecule has 1 aromatic carbocycles. The van der Waals surface area contributed by atoms with Crippen LogP contribution in [0.2, 0.25) is 5.02 Å². The van der Waals surface area contributed by atoms with Crippen molar-refractivity contribution < 1.29 is 0 Å². The normalized spacial score (nSPS) is 18.1. The molecule has 0 fully saturated rings. The lowest BCUT2D eigenvalue weighted by Crippen LogP contribution is -2.20. The molecule has 1 atom stereocenters. The fourth-order valence-corrected chi connectivity index (χ4v) is 3.41. The Morgan fingerprint density at radius 3 is 2.95 bits per heavy atom. The zero-order valence-corrected chi connectivity index (χ0v) is 12.9. The average molecular weight is 289 g/mol. The summed E-state index contributed by atoms with van der Waals surface area (Å²) in [5.74, 6) is 0. The Labute approximate surface area is 125 Å².